The summed E-state index contributed by atoms with van der Waals surface area (Å²) in [6, 6.07) is 0. The summed E-state index contributed by atoms with van der Waals surface area (Å²) >= 11 is 2.93. The molecule has 0 atom stereocenters. The Morgan fingerprint density at radius 2 is 1.13 bits per heavy atom. The summed E-state index contributed by atoms with van der Waals surface area (Å²) in [5, 5.41) is 8.90. The van der Waals surface area contributed by atoms with E-state index in [0.717, 1.165) is 51.4 Å². The molecule has 45 heavy (non-hydrogen) atoms. The van der Waals surface area contributed by atoms with Crippen LogP contribution < -0.4 is 20.1 Å². The van der Waals surface area contributed by atoms with Gasteiger partial charge in [-0.05, 0) is 38.2 Å². The number of nitrogens with one attached hydrogen (secondary N) is 2. The lowest BCUT2D eigenvalue weighted by Crippen LogP contribution is -2.52. The van der Waals surface area contributed by atoms with E-state index in [4.69, 9.17) is 19.4 Å². The lowest BCUT2D eigenvalue weighted by atomic mass is 9.80. The summed E-state index contributed by atoms with van der Waals surface area (Å²) < 4.78 is 17.0. The third-order valence-corrected chi connectivity index (χ3v) is 11.3. The fourth-order valence-corrected chi connectivity index (χ4v) is 8.72. The maximum Gasteiger partial charge on any atom is 0.271 e. The minimum Gasteiger partial charge on any atom is -0.454 e. The fraction of sp³-hybridized carbons (Fsp3) is 0.548. The molecule has 2 fully saturated rings. The van der Waals surface area contributed by atoms with Crippen LogP contribution >= 0.6 is 23.5 Å². The van der Waals surface area contributed by atoms with Crippen molar-refractivity contribution in [1.82, 2.24) is 39.7 Å². The summed E-state index contributed by atoms with van der Waals surface area (Å²) in [7, 11) is 0. The number of hydrogen-bond acceptors (Lipinski definition) is 10. The predicted octanol–water partition coefficient (Wildman–Crippen LogP) is 4.84. The summed E-state index contributed by atoms with van der Waals surface area (Å²) in [5.74, 6) is 0.388. The van der Waals surface area contributed by atoms with Crippen molar-refractivity contribution >= 4 is 57.4 Å². The molecule has 0 unspecified atom stereocenters. The van der Waals surface area contributed by atoms with Gasteiger partial charge in [-0.15, -0.1) is 0 Å². The standard InChI is InChI=1S/C31H36N8O4S2/c1-44-28-32-13-18-22(20-26(40)34-15-30(9-5-3-6-10-30)38(20)24(18)36-28)42-17-43-23-19-14-33-29(45-2)37-25(19)39-21(23)27(41)35-16-31(39)11-7-4-8-12-31/h13-14H,3-12,15-17H2,1-2H3,(H,34,40)(H,35,41). The Balaban J connectivity index is 1.21. The topological polar surface area (TPSA) is 138 Å². The van der Waals surface area contributed by atoms with Gasteiger partial charge in [-0.2, -0.15) is 0 Å². The normalized spacial score (nSPS) is 20.2. The number of amides is 2. The van der Waals surface area contributed by atoms with Gasteiger partial charge in [-0.1, -0.05) is 62.0 Å². The highest BCUT2D eigenvalue weighted by Gasteiger charge is 2.46. The summed E-state index contributed by atoms with van der Waals surface area (Å²) in [6.45, 7) is 0.900. The molecule has 2 aliphatic carbocycles. The highest BCUT2D eigenvalue weighted by molar-refractivity contribution is 7.98. The molecule has 2 aliphatic heterocycles. The number of ether oxygens (including phenoxy) is 2. The second-order valence-electron chi connectivity index (χ2n) is 12.6. The molecule has 12 nitrogen and oxygen atoms in total. The van der Waals surface area contributed by atoms with E-state index in [0.29, 0.717) is 68.4 Å². The monoisotopic (exact) mass is 648 g/mol. The Hall–Kier alpha value is -3.52. The Labute approximate surface area is 268 Å². The van der Waals surface area contributed by atoms with Gasteiger partial charge in [0.15, 0.2) is 33.2 Å². The van der Waals surface area contributed by atoms with Crippen LogP contribution in [0.5, 0.6) is 11.5 Å². The zero-order valence-corrected chi connectivity index (χ0v) is 27.1. The molecule has 14 heteroatoms. The number of aromatic nitrogens is 6. The smallest absolute Gasteiger partial charge is 0.271 e. The van der Waals surface area contributed by atoms with Crippen molar-refractivity contribution in [2.24, 2.45) is 0 Å². The van der Waals surface area contributed by atoms with E-state index in [2.05, 4.69) is 29.7 Å². The highest BCUT2D eigenvalue weighted by Crippen LogP contribution is 2.47. The van der Waals surface area contributed by atoms with Crippen LogP contribution in [0.2, 0.25) is 0 Å². The molecule has 2 spiro atoms. The van der Waals surface area contributed by atoms with Gasteiger partial charge in [0.1, 0.15) is 11.3 Å². The van der Waals surface area contributed by atoms with Crippen molar-refractivity contribution in [2.75, 3.05) is 32.4 Å². The van der Waals surface area contributed by atoms with Gasteiger partial charge in [-0.3, -0.25) is 9.59 Å². The largest absolute Gasteiger partial charge is 0.454 e. The lowest BCUT2D eigenvalue weighted by molar-refractivity contribution is 0.0787. The maximum atomic E-state index is 13.5. The molecule has 236 valence electrons. The van der Waals surface area contributed by atoms with E-state index in [-0.39, 0.29) is 29.7 Å². The molecular formula is C31H36N8O4S2. The molecule has 8 rings (SSSR count). The van der Waals surface area contributed by atoms with Crippen molar-refractivity contribution in [3.05, 3.63) is 23.8 Å². The number of nitrogens with zero attached hydrogens (tertiary/aromatic N) is 6. The zero-order chi connectivity index (χ0) is 30.8. The van der Waals surface area contributed by atoms with Crippen LogP contribution in [0.1, 0.15) is 85.2 Å². The minimum atomic E-state index is -0.261. The Morgan fingerprint density at radius 3 is 1.53 bits per heavy atom. The van der Waals surface area contributed by atoms with Crippen molar-refractivity contribution in [3.63, 3.8) is 0 Å². The first kappa shape index (κ1) is 28.9. The number of rotatable bonds is 6. The molecule has 0 aromatic carbocycles. The summed E-state index contributed by atoms with van der Waals surface area (Å²) in [6.07, 6.45) is 17.9. The molecule has 2 amide bonds. The molecule has 4 aromatic rings. The van der Waals surface area contributed by atoms with Gasteiger partial charge in [0, 0.05) is 25.5 Å². The average molecular weight is 649 g/mol. The second kappa shape index (κ2) is 11.1. The van der Waals surface area contributed by atoms with Crippen LogP contribution in [0.3, 0.4) is 0 Å². The van der Waals surface area contributed by atoms with Crippen LogP contribution in [-0.2, 0) is 11.1 Å². The van der Waals surface area contributed by atoms with Gasteiger partial charge >= 0.3 is 0 Å². The lowest BCUT2D eigenvalue weighted by Gasteiger charge is -2.43. The number of carbonyl (C=O) groups excluding carboxylic acids is 2. The molecule has 4 aromatic heterocycles. The van der Waals surface area contributed by atoms with E-state index < -0.39 is 0 Å². The SMILES string of the molecule is CSc1ncc2c(OCOc3c4n(c5nc(SC)ncc35)C3(CCCCC3)CNC4=O)c3n(c2n1)C1(CCCCC1)CNC3=O. The Kier molecular flexibility index (Phi) is 7.12. The minimum absolute atomic E-state index is 0.201. The van der Waals surface area contributed by atoms with Crippen molar-refractivity contribution in [1.29, 1.82) is 0 Å². The van der Waals surface area contributed by atoms with Crippen molar-refractivity contribution in [3.8, 4) is 11.5 Å². The first-order chi connectivity index (χ1) is 22.0. The molecule has 0 bridgehead atoms. The quantitative estimate of drug-likeness (QED) is 0.170. The third kappa shape index (κ3) is 4.42. The molecule has 0 saturated heterocycles. The number of carbonyl (C=O) groups is 2. The van der Waals surface area contributed by atoms with Gasteiger partial charge in [-0.25, -0.2) is 19.9 Å². The zero-order valence-electron chi connectivity index (χ0n) is 25.5. The first-order valence-electron chi connectivity index (χ1n) is 15.7. The second-order valence-corrected chi connectivity index (χ2v) is 14.1. The third-order valence-electron chi connectivity index (χ3n) is 10.2. The van der Waals surface area contributed by atoms with E-state index in [1.54, 1.807) is 12.4 Å². The summed E-state index contributed by atoms with van der Waals surface area (Å²) in [5.41, 5.74) is 1.79. The van der Waals surface area contributed by atoms with E-state index >= 15 is 0 Å². The van der Waals surface area contributed by atoms with Crippen LogP contribution in [-0.4, -0.2) is 73.3 Å². The van der Waals surface area contributed by atoms with Crippen LogP contribution in [0.15, 0.2) is 22.7 Å². The van der Waals surface area contributed by atoms with Gasteiger partial charge in [0.2, 0.25) is 6.79 Å². The van der Waals surface area contributed by atoms with E-state index in [9.17, 15) is 9.59 Å². The fourth-order valence-electron chi connectivity index (χ4n) is 8.05. The average Bonchev–Trinajstić information content (AvgIpc) is 3.60. The highest BCUT2D eigenvalue weighted by atomic mass is 32.2. The van der Waals surface area contributed by atoms with E-state index in [1.807, 2.05) is 12.5 Å². The Bertz CT molecular complexity index is 1710. The number of fused-ring (bicyclic) bond motifs is 8. The van der Waals surface area contributed by atoms with Gasteiger partial charge in [0.05, 0.1) is 21.9 Å². The number of thioether (sulfide) groups is 2. The maximum absolute atomic E-state index is 13.5. The molecule has 2 N–H and O–H groups in total. The van der Waals surface area contributed by atoms with Crippen LogP contribution in [0, 0.1) is 0 Å². The van der Waals surface area contributed by atoms with Crippen LogP contribution in [0.4, 0.5) is 0 Å². The molecular weight excluding hydrogens is 613 g/mol. The van der Waals surface area contributed by atoms with E-state index in [1.165, 1.54) is 36.4 Å². The Morgan fingerprint density at radius 1 is 0.711 bits per heavy atom. The first-order valence-corrected chi connectivity index (χ1v) is 18.2. The molecule has 0 radical (unpaired) electrons. The van der Waals surface area contributed by atoms with Crippen molar-refractivity contribution in [2.45, 2.75) is 85.6 Å². The molecule has 2 saturated carbocycles. The summed E-state index contributed by atoms with van der Waals surface area (Å²) in [4.78, 5) is 45.8. The predicted molar refractivity (Wildman–Crippen MR) is 172 cm³/mol. The number of hydrogen-bond donors (Lipinski definition) is 2. The van der Waals surface area contributed by atoms with Gasteiger partial charge in [0.25, 0.3) is 11.8 Å². The van der Waals surface area contributed by atoms with Crippen LogP contribution in [0.25, 0.3) is 22.1 Å². The molecule has 6 heterocycles. The van der Waals surface area contributed by atoms with Gasteiger partial charge < -0.3 is 29.2 Å². The van der Waals surface area contributed by atoms with Crippen molar-refractivity contribution < 1.29 is 19.1 Å². The molecule has 4 aliphatic rings.